The molecule has 2 atom stereocenters. The molecule has 1 fully saturated rings. The first-order chi connectivity index (χ1) is 9.32. The minimum atomic E-state index is -3.80. The van der Waals surface area contributed by atoms with E-state index in [0.29, 0.717) is 0 Å². The van der Waals surface area contributed by atoms with Gasteiger partial charge in [-0.1, -0.05) is 17.7 Å². The average Bonchev–Trinajstić information content (AvgIpc) is 2.38. The highest BCUT2D eigenvalue weighted by Crippen LogP contribution is 2.25. The van der Waals surface area contributed by atoms with Crippen LogP contribution in [0.5, 0.6) is 0 Å². The number of benzene rings is 1. The van der Waals surface area contributed by atoms with E-state index in [2.05, 4.69) is 0 Å². The number of hydrogen-bond donors (Lipinski definition) is 2. The molecule has 1 aliphatic heterocycles. The van der Waals surface area contributed by atoms with E-state index in [1.165, 1.54) is 18.2 Å². The number of hydrogen-bond acceptors (Lipinski definition) is 4. The van der Waals surface area contributed by atoms with Gasteiger partial charge in [0, 0.05) is 18.1 Å². The molecule has 1 aromatic rings. The molecule has 2 rings (SSSR count). The van der Waals surface area contributed by atoms with Gasteiger partial charge in [0.25, 0.3) is 0 Å². The van der Waals surface area contributed by atoms with Gasteiger partial charge in [0.1, 0.15) is 0 Å². The Balaban J connectivity index is 2.29. The lowest BCUT2D eigenvalue weighted by atomic mass is 9.96. The highest BCUT2D eigenvalue weighted by Gasteiger charge is 2.38. The van der Waals surface area contributed by atoms with E-state index in [1.807, 2.05) is 0 Å². The SMILES string of the molecule is O=C(O)[C@H]1CN(S(=O)(=O)c2cccc(Cl)c2)CC[C@H]1O. The summed E-state index contributed by atoms with van der Waals surface area (Å²) in [6.45, 7) is -0.162. The van der Waals surface area contributed by atoms with Crippen LogP contribution in [0.25, 0.3) is 0 Å². The first kappa shape index (κ1) is 15.2. The van der Waals surface area contributed by atoms with Crippen LogP contribution in [-0.4, -0.2) is 48.1 Å². The monoisotopic (exact) mass is 319 g/mol. The Labute approximate surface area is 121 Å². The number of piperidine rings is 1. The molecular formula is C12H14ClNO5S. The highest BCUT2D eigenvalue weighted by molar-refractivity contribution is 7.89. The molecule has 110 valence electrons. The van der Waals surface area contributed by atoms with Crippen LogP contribution in [0, 0.1) is 5.92 Å². The molecule has 0 aliphatic carbocycles. The van der Waals surface area contributed by atoms with E-state index < -0.39 is 28.0 Å². The number of carboxylic acids is 1. The maximum absolute atomic E-state index is 12.4. The number of carbonyl (C=O) groups is 1. The number of aliphatic hydroxyl groups excluding tert-OH is 1. The molecule has 1 aromatic carbocycles. The van der Waals surface area contributed by atoms with Crippen molar-refractivity contribution in [3.63, 3.8) is 0 Å². The Hall–Kier alpha value is -1.15. The summed E-state index contributed by atoms with van der Waals surface area (Å²) < 4.78 is 25.9. The van der Waals surface area contributed by atoms with Crippen molar-refractivity contribution >= 4 is 27.6 Å². The third-order valence-electron chi connectivity index (χ3n) is 3.29. The standard InChI is InChI=1S/C12H14ClNO5S/c13-8-2-1-3-9(6-8)20(18,19)14-5-4-11(15)10(7-14)12(16)17/h1-3,6,10-11,15H,4-5,7H2,(H,16,17)/t10-,11+/m0/s1. The summed E-state index contributed by atoms with van der Waals surface area (Å²) in [7, 11) is -3.80. The summed E-state index contributed by atoms with van der Waals surface area (Å²) in [5.41, 5.74) is 0. The van der Waals surface area contributed by atoms with Crippen LogP contribution in [-0.2, 0) is 14.8 Å². The fourth-order valence-electron chi connectivity index (χ4n) is 2.15. The predicted molar refractivity (Wildman–Crippen MR) is 72.0 cm³/mol. The third-order valence-corrected chi connectivity index (χ3v) is 5.39. The second kappa shape index (κ2) is 5.69. The number of aliphatic carboxylic acids is 1. The third kappa shape index (κ3) is 2.95. The Kier molecular flexibility index (Phi) is 4.33. The van der Waals surface area contributed by atoms with Crippen LogP contribution in [0.2, 0.25) is 5.02 Å². The lowest BCUT2D eigenvalue weighted by Crippen LogP contribution is -2.48. The molecule has 1 aliphatic rings. The zero-order valence-corrected chi connectivity index (χ0v) is 12.0. The van der Waals surface area contributed by atoms with Gasteiger partial charge in [0.2, 0.25) is 10.0 Å². The summed E-state index contributed by atoms with van der Waals surface area (Å²) in [6.07, 6.45) is -0.935. The molecule has 1 heterocycles. The largest absolute Gasteiger partial charge is 0.481 e. The van der Waals surface area contributed by atoms with Crippen LogP contribution in [0.4, 0.5) is 0 Å². The molecule has 0 radical (unpaired) electrons. The summed E-state index contributed by atoms with van der Waals surface area (Å²) >= 11 is 5.78. The number of nitrogens with zero attached hydrogens (tertiary/aromatic N) is 1. The smallest absolute Gasteiger partial charge is 0.310 e. The van der Waals surface area contributed by atoms with Crippen molar-refractivity contribution in [3.8, 4) is 0 Å². The highest BCUT2D eigenvalue weighted by atomic mass is 35.5. The minimum absolute atomic E-state index is 0.0190. The summed E-state index contributed by atoms with van der Waals surface area (Å²) in [6, 6.07) is 5.79. The lowest BCUT2D eigenvalue weighted by molar-refractivity contribution is -0.147. The van der Waals surface area contributed by atoms with Crippen LogP contribution in [0.15, 0.2) is 29.2 Å². The zero-order chi connectivity index (χ0) is 14.9. The maximum Gasteiger partial charge on any atom is 0.310 e. The molecule has 0 spiro atoms. The Morgan fingerprint density at radius 3 is 2.70 bits per heavy atom. The Morgan fingerprint density at radius 2 is 2.10 bits per heavy atom. The summed E-state index contributed by atoms with van der Waals surface area (Å²) in [4.78, 5) is 11.0. The molecule has 2 N–H and O–H groups in total. The van der Waals surface area contributed by atoms with Gasteiger partial charge >= 0.3 is 5.97 Å². The molecule has 0 saturated carbocycles. The summed E-state index contributed by atoms with van der Waals surface area (Å²) in [5.74, 6) is -2.32. The van der Waals surface area contributed by atoms with Gasteiger partial charge in [-0.15, -0.1) is 0 Å². The van der Waals surface area contributed by atoms with Crippen LogP contribution in [0.1, 0.15) is 6.42 Å². The van der Waals surface area contributed by atoms with E-state index in [9.17, 15) is 18.3 Å². The van der Waals surface area contributed by atoms with Crippen molar-refractivity contribution in [1.29, 1.82) is 0 Å². The normalized spacial score (nSPS) is 24.5. The van der Waals surface area contributed by atoms with Gasteiger partial charge in [-0.05, 0) is 24.6 Å². The lowest BCUT2D eigenvalue weighted by Gasteiger charge is -2.33. The molecule has 6 nitrogen and oxygen atoms in total. The second-order valence-electron chi connectivity index (χ2n) is 4.62. The van der Waals surface area contributed by atoms with Gasteiger partial charge < -0.3 is 10.2 Å². The first-order valence-electron chi connectivity index (χ1n) is 5.99. The van der Waals surface area contributed by atoms with Crippen molar-refractivity contribution in [1.82, 2.24) is 4.31 Å². The van der Waals surface area contributed by atoms with Gasteiger partial charge in [0.15, 0.2) is 0 Å². The minimum Gasteiger partial charge on any atom is -0.481 e. The number of carboxylic acid groups (broad SMARTS) is 1. The van der Waals surface area contributed by atoms with E-state index in [-0.39, 0.29) is 29.4 Å². The van der Waals surface area contributed by atoms with Crippen LogP contribution >= 0.6 is 11.6 Å². The quantitative estimate of drug-likeness (QED) is 0.859. The number of rotatable bonds is 3. The average molecular weight is 320 g/mol. The van der Waals surface area contributed by atoms with Gasteiger partial charge in [-0.25, -0.2) is 8.42 Å². The molecule has 0 bridgehead atoms. The zero-order valence-electron chi connectivity index (χ0n) is 10.4. The number of sulfonamides is 1. The van der Waals surface area contributed by atoms with E-state index in [0.717, 1.165) is 4.31 Å². The molecular weight excluding hydrogens is 306 g/mol. The van der Waals surface area contributed by atoms with E-state index in [4.69, 9.17) is 16.7 Å². The number of halogens is 1. The fraction of sp³-hybridized carbons (Fsp3) is 0.417. The fourth-order valence-corrected chi connectivity index (χ4v) is 3.93. The molecule has 20 heavy (non-hydrogen) atoms. The first-order valence-corrected chi connectivity index (χ1v) is 7.81. The van der Waals surface area contributed by atoms with Crippen LogP contribution < -0.4 is 0 Å². The topological polar surface area (TPSA) is 94.9 Å². The Bertz CT molecular complexity index is 618. The van der Waals surface area contributed by atoms with Crippen molar-refractivity contribution in [3.05, 3.63) is 29.3 Å². The molecule has 1 saturated heterocycles. The van der Waals surface area contributed by atoms with Crippen molar-refractivity contribution in [2.75, 3.05) is 13.1 Å². The predicted octanol–water partition coefficient (Wildman–Crippen LogP) is 0.796. The van der Waals surface area contributed by atoms with Crippen molar-refractivity contribution in [2.45, 2.75) is 17.4 Å². The maximum atomic E-state index is 12.4. The second-order valence-corrected chi connectivity index (χ2v) is 7.00. The summed E-state index contributed by atoms with van der Waals surface area (Å²) in [5, 5.41) is 18.9. The van der Waals surface area contributed by atoms with Crippen molar-refractivity contribution in [2.24, 2.45) is 5.92 Å². The van der Waals surface area contributed by atoms with Gasteiger partial charge in [-0.3, -0.25) is 4.79 Å². The molecule has 0 amide bonds. The molecule has 0 unspecified atom stereocenters. The number of aliphatic hydroxyl groups is 1. The van der Waals surface area contributed by atoms with E-state index in [1.54, 1.807) is 6.07 Å². The van der Waals surface area contributed by atoms with Gasteiger partial charge in [0.05, 0.1) is 16.9 Å². The molecule has 0 aromatic heterocycles. The van der Waals surface area contributed by atoms with Crippen molar-refractivity contribution < 1.29 is 23.4 Å². The van der Waals surface area contributed by atoms with Gasteiger partial charge in [-0.2, -0.15) is 4.31 Å². The van der Waals surface area contributed by atoms with E-state index >= 15 is 0 Å². The van der Waals surface area contributed by atoms with Crippen LogP contribution in [0.3, 0.4) is 0 Å². The molecule has 8 heteroatoms. The Morgan fingerprint density at radius 1 is 1.40 bits per heavy atom.